The van der Waals surface area contributed by atoms with Gasteiger partial charge in [-0.1, -0.05) is 6.07 Å². The second-order valence-corrected chi connectivity index (χ2v) is 5.10. The van der Waals surface area contributed by atoms with Gasteiger partial charge in [0.15, 0.2) is 0 Å². The van der Waals surface area contributed by atoms with E-state index in [9.17, 15) is 9.18 Å². The van der Waals surface area contributed by atoms with Crippen LogP contribution in [0.25, 0.3) is 0 Å². The van der Waals surface area contributed by atoms with Crippen LogP contribution in [0.15, 0.2) is 42.6 Å². The van der Waals surface area contributed by atoms with E-state index < -0.39 is 5.82 Å². The zero-order chi connectivity index (χ0) is 14.7. The van der Waals surface area contributed by atoms with Gasteiger partial charge in [0, 0.05) is 23.5 Å². The maximum Gasteiger partial charge on any atom is 0.255 e. The number of nitrogens with zero attached hydrogens (tertiary/aromatic N) is 1. The number of hydrogen-bond acceptors (Lipinski definition) is 3. The minimum atomic E-state index is -0.393. The summed E-state index contributed by atoms with van der Waals surface area (Å²) >= 11 is 0. The Morgan fingerprint density at radius 2 is 2.19 bits per heavy atom. The summed E-state index contributed by atoms with van der Waals surface area (Å²) in [5.41, 5.74) is 0.845. The molecule has 21 heavy (non-hydrogen) atoms. The van der Waals surface area contributed by atoms with Crippen LogP contribution >= 0.6 is 0 Å². The van der Waals surface area contributed by atoms with Crippen molar-refractivity contribution in [1.29, 1.82) is 0 Å². The van der Waals surface area contributed by atoms with Gasteiger partial charge in [-0.15, -0.1) is 0 Å². The Bertz CT molecular complexity index is 656. The number of ether oxygens (including phenoxy) is 1. The number of aromatic nitrogens is 1. The van der Waals surface area contributed by atoms with Crippen molar-refractivity contribution in [3.63, 3.8) is 0 Å². The minimum absolute atomic E-state index is 0.320. The van der Waals surface area contributed by atoms with E-state index in [0.717, 1.165) is 0 Å². The smallest absolute Gasteiger partial charge is 0.255 e. The van der Waals surface area contributed by atoms with Crippen molar-refractivity contribution in [3.05, 3.63) is 54.0 Å². The van der Waals surface area contributed by atoms with E-state index in [1.807, 2.05) is 0 Å². The first-order chi connectivity index (χ1) is 10.2. The van der Waals surface area contributed by atoms with Crippen molar-refractivity contribution in [2.75, 3.05) is 11.9 Å². The molecule has 5 heteroatoms. The highest BCUT2D eigenvalue weighted by molar-refractivity contribution is 6.04. The lowest BCUT2D eigenvalue weighted by atomic mass is 10.2. The van der Waals surface area contributed by atoms with Crippen LogP contribution in [0.1, 0.15) is 23.2 Å². The normalized spacial score (nSPS) is 13.8. The number of pyridine rings is 1. The Morgan fingerprint density at radius 1 is 1.33 bits per heavy atom. The quantitative estimate of drug-likeness (QED) is 0.917. The molecule has 1 aliphatic carbocycles. The summed E-state index contributed by atoms with van der Waals surface area (Å²) in [6, 6.07) is 8.96. The third-order valence-corrected chi connectivity index (χ3v) is 3.24. The monoisotopic (exact) mass is 286 g/mol. The van der Waals surface area contributed by atoms with Gasteiger partial charge in [-0.25, -0.2) is 9.37 Å². The van der Waals surface area contributed by atoms with Gasteiger partial charge in [-0.2, -0.15) is 0 Å². The predicted octanol–water partition coefficient (Wildman–Crippen LogP) is 3.26. The number of benzene rings is 1. The van der Waals surface area contributed by atoms with Gasteiger partial charge in [0.25, 0.3) is 5.91 Å². The Balaban J connectivity index is 1.67. The molecular formula is C16H15FN2O2. The lowest BCUT2D eigenvalue weighted by Gasteiger charge is -2.07. The molecule has 0 saturated heterocycles. The zero-order valence-corrected chi connectivity index (χ0v) is 11.4. The van der Waals surface area contributed by atoms with Crippen LogP contribution in [0.3, 0.4) is 0 Å². The molecule has 1 saturated carbocycles. The van der Waals surface area contributed by atoms with Gasteiger partial charge in [-0.3, -0.25) is 4.79 Å². The molecule has 2 aromatic rings. The molecule has 3 rings (SSSR count). The van der Waals surface area contributed by atoms with Crippen LogP contribution in [0.5, 0.6) is 5.88 Å². The van der Waals surface area contributed by atoms with Gasteiger partial charge < -0.3 is 10.1 Å². The average Bonchev–Trinajstić information content (AvgIpc) is 3.30. The number of anilines is 1. The van der Waals surface area contributed by atoms with Crippen LogP contribution < -0.4 is 10.1 Å². The highest BCUT2D eigenvalue weighted by Gasteiger charge is 2.22. The fourth-order valence-electron chi connectivity index (χ4n) is 1.89. The van der Waals surface area contributed by atoms with E-state index in [1.165, 1.54) is 31.2 Å². The first-order valence-corrected chi connectivity index (χ1v) is 6.86. The summed E-state index contributed by atoms with van der Waals surface area (Å²) in [4.78, 5) is 16.2. The molecular weight excluding hydrogens is 271 g/mol. The Labute approximate surface area is 122 Å². The zero-order valence-electron chi connectivity index (χ0n) is 11.4. The Kier molecular flexibility index (Phi) is 3.81. The average molecular weight is 286 g/mol. The topological polar surface area (TPSA) is 51.2 Å². The van der Waals surface area contributed by atoms with Gasteiger partial charge in [0.1, 0.15) is 5.82 Å². The number of halogens is 1. The fraction of sp³-hybridized carbons (Fsp3) is 0.250. The largest absolute Gasteiger partial charge is 0.477 e. The molecule has 0 aliphatic heterocycles. The van der Waals surface area contributed by atoms with E-state index in [0.29, 0.717) is 29.7 Å². The van der Waals surface area contributed by atoms with E-state index >= 15 is 0 Å². The summed E-state index contributed by atoms with van der Waals surface area (Å²) in [5, 5.41) is 2.64. The summed E-state index contributed by atoms with van der Waals surface area (Å²) in [5.74, 6) is 0.348. The van der Waals surface area contributed by atoms with Crippen LogP contribution in [-0.2, 0) is 0 Å². The molecule has 1 aliphatic rings. The van der Waals surface area contributed by atoms with Crippen LogP contribution in [0, 0.1) is 11.7 Å². The molecule has 1 heterocycles. The number of hydrogen-bond donors (Lipinski definition) is 1. The van der Waals surface area contributed by atoms with Gasteiger partial charge in [-0.05, 0) is 43.0 Å². The van der Waals surface area contributed by atoms with Gasteiger partial charge >= 0.3 is 0 Å². The Morgan fingerprint density at radius 3 is 2.95 bits per heavy atom. The lowest BCUT2D eigenvalue weighted by Crippen LogP contribution is -2.12. The second-order valence-electron chi connectivity index (χ2n) is 5.10. The van der Waals surface area contributed by atoms with Crippen molar-refractivity contribution in [3.8, 4) is 5.88 Å². The van der Waals surface area contributed by atoms with Crippen LogP contribution in [0.4, 0.5) is 10.1 Å². The van der Waals surface area contributed by atoms with Crippen molar-refractivity contribution in [2.24, 2.45) is 5.92 Å². The lowest BCUT2D eigenvalue weighted by molar-refractivity contribution is 0.102. The molecule has 0 radical (unpaired) electrons. The number of amides is 1. The highest BCUT2D eigenvalue weighted by Crippen LogP contribution is 2.29. The maximum absolute atomic E-state index is 13.1. The summed E-state index contributed by atoms with van der Waals surface area (Å²) in [7, 11) is 0. The molecule has 4 nitrogen and oxygen atoms in total. The van der Waals surface area contributed by atoms with Crippen molar-refractivity contribution in [1.82, 2.24) is 4.98 Å². The fourth-order valence-corrected chi connectivity index (χ4v) is 1.89. The van der Waals surface area contributed by atoms with E-state index in [2.05, 4.69) is 10.3 Å². The Hall–Kier alpha value is -2.43. The third-order valence-electron chi connectivity index (χ3n) is 3.24. The highest BCUT2D eigenvalue weighted by atomic mass is 19.1. The standard InChI is InChI=1S/C16H15FN2O2/c17-13-2-1-3-14(9-13)19-16(20)12-6-7-18-15(8-12)21-10-11-4-5-11/h1-3,6-9,11H,4-5,10H2,(H,19,20). The molecule has 0 spiro atoms. The molecule has 0 atom stereocenters. The molecule has 1 amide bonds. The molecule has 1 fully saturated rings. The summed E-state index contributed by atoms with van der Waals surface area (Å²) < 4.78 is 18.6. The van der Waals surface area contributed by atoms with Crippen molar-refractivity contribution < 1.29 is 13.9 Å². The van der Waals surface area contributed by atoms with Gasteiger partial charge in [0.05, 0.1) is 6.61 Å². The van der Waals surface area contributed by atoms with E-state index in [4.69, 9.17) is 4.74 Å². The van der Waals surface area contributed by atoms with Gasteiger partial charge in [0.2, 0.25) is 5.88 Å². The van der Waals surface area contributed by atoms with E-state index in [-0.39, 0.29) is 5.91 Å². The first kappa shape index (κ1) is 13.5. The molecule has 1 aromatic carbocycles. The molecule has 0 unspecified atom stereocenters. The SMILES string of the molecule is O=C(Nc1cccc(F)c1)c1ccnc(OCC2CC2)c1. The summed E-state index contributed by atoms with van der Waals surface area (Å²) in [6.45, 7) is 0.641. The van der Waals surface area contributed by atoms with Crippen molar-refractivity contribution in [2.45, 2.75) is 12.8 Å². The van der Waals surface area contributed by atoms with E-state index in [1.54, 1.807) is 24.3 Å². The molecule has 1 aromatic heterocycles. The molecule has 0 bridgehead atoms. The van der Waals surface area contributed by atoms with Crippen molar-refractivity contribution >= 4 is 11.6 Å². The second kappa shape index (κ2) is 5.91. The maximum atomic E-state index is 13.1. The molecule has 108 valence electrons. The molecule has 1 N–H and O–H groups in total. The number of carbonyl (C=O) groups excluding carboxylic acids is 1. The number of nitrogens with one attached hydrogen (secondary N) is 1. The third kappa shape index (κ3) is 3.78. The predicted molar refractivity (Wildman–Crippen MR) is 76.8 cm³/mol. The number of rotatable bonds is 5. The summed E-state index contributed by atoms with van der Waals surface area (Å²) in [6.07, 6.45) is 3.92. The number of carbonyl (C=O) groups is 1. The first-order valence-electron chi connectivity index (χ1n) is 6.86. The van der Waals surface area contributed by atoms with Crippen LogP contribution in [0.2, 0.25) is 0 Å². The van der Waals surface area contributed by atoms with Crippen LogP contribution in [-0.4, -0.2) is 17.5 Å². The minimum Gasteiger partial charge on any atom is -0.477 e.